The van der Waals surface area contributed by atoms with Gasteiger partial charge in [0, 0.05) is 30.9 Å². The first kappa shape index (κ1) is 18.0. The maximum atomic E-state index is 12.9. The van der Waals surface area contributed by atoms with Crippen molar-refractivity contribution < 1.29 is 22.9 Å². The molecule has 0 bridgehead atoms. The van der Waals surface area contributed by atoms with Gasteiger partial charge in [0.15, 0.2) is 0 Å². The molecule has 6 nitrogen and oxygen atoms in total. The number of nitro benzene ring substituents is 1. The second-order valence-electron chi connectivity index (χ2n) is 5.81. The lowest BCUT2D eigenvalue weighted by Crippen LogP contribution is -2.35. The number of nitrogens with one attached hydrogen (secondary N) is 2. The number of rotatable bonds is 4. The lowest BCUT2D eigenvalue weighted by Gasteiger charge is -2.32. The molecule has 2 N–H and O–H groups in total. The summed E-state index contributed by atoms with van der Waals surface area (Å²) in [6.45, 7) is 0. The lowest BCUT2D eigenvalue weighted by molar-refractivity contribution is -0.384. The van der Waals surface area contributed by atoms with Crippen LogP contribution in [0.4, 0.5) is 24.5 Å². The molecule has 0 heterocycles. The van der Waals surface area contributed by atoms with Crippen molar-refractivity contribution in [2.24, 2.45) is 5.92 Å². The monoisotopic (exact) mass is 345 g/mol. The van der Waals surface area contributed by atoms with Crippen LogP contribution in [0.15, 0.2) is 18.2 Å². The van der Waals surface area contributed by atoms with Crippen molar-refractivity contribution in [1.29, 1.82) is 0 Å². The highest BCUT2D eigenvalue weighted by Gasteiger charge is 2.42. The van der Waals surface area contributed by atoms with Crippen molar-refractivity contribution >= 4 is 17.3 Å². The minimum atomic E-state index is -4.24. The maximum absolute atomic E-state index is 12.9. The number of benzene rings is 1. The molecule has 1 aliphatic carbocycles. The highest BCUT2D eigenvalue weighted by Crippen LogP contribution is 2.38. The number of hydrogen-bond acceptors (Lipinski definition) is 4. The van der Waals surface area contributed by atoms with Crippen molar-refractivity contribution in [2.75, 3.05) is 12.4 Å². The summed E-state index contributed by atoms with van der Waals surface area (Å²) in [6.07, 6.45) is -3.22. The number of anilines is 1. The molecular weight excluding hydrogens is 327 g/mol. The molecule has 1 fully saturated rings. The van der Waals surface area contributed by atoms with E-state index in [4.69, 9.17) is 0 Å². The average Bonchev–Trinajstić information content (AvgIpc) is 2.53. The van der Waals surface area contributed by atoms with Crippen molar-refractivity contribution in [3.63, 3.8) is 0 Å². The summed E-state index contributed by atoms with van der Waals surface area (Å²) in [7, 11) is 1.38. The third kappa shape index (κ3) is 4.15. The third-order valence-corrected chi connectivity index (χ3v) is 4.18. The summed E-state index contributed by atoms with van der Waals surface area (Å²) < 4.78 is 38.7. The first-order chi connectivity index (χ1) is 11.2. The van der Waals surface area contributed by atoms with E-state index in [0.29, 0.717) is 18.5 Å². The van der Waals surface area contributed by atoms with E-state index in [9.17, 15) is 28.1 Å². The number of amides is 1. The zero-order valence-electron chi connectivity index (χ0n) is 13.0. The van der Waals surface area contributed by atoms with Gasteiger partial charge in [0.25, 0.3) is 11.6 Å². The van der Waals surface area contributed by atoms with Crippen LogP contribution in [0.3, 0.4) is 0 Å². The van der Waals surface area contributed by atoms with Crippen molar-refractivity contribution in [2.45, 2.75) is 37.9 Å². The second-order valence-corrected chi connectivity index (χ2v) is 5.81. The van der Waals surface area contributed by atoms with Crippen LogP contribution in [-0.2, 0) is 0 Å². The Morgan fingerprint density at radius 1 is 1.33 bits per heavy atom. The molecule has 1 amide bonds. The minimum Gasteiger partial charge on any atom is -0.382 e. The number of non-ortho nitro benzene ring substituents is 1. The van der Waals surface area contributed by atoms with E-state index in [1.165, 1.54) is 19.2 Å². The Balaban J connectivity index is 2.22. The molecule has 24 heavy (non-hydrogen) atoms. The van der Waals surface area contributed by atoms with Crippen molar-refractivity contribution in [3.05, 3.63) is 33.9 Å². The van der Waals surface area contributed by atoms with Crippen LogP contribution in [0.5, 0.6) is 0 Å². The number of nitro groups is 1. The molecule has 1 aromatic carbocycles. The van der Waals surface area contributed by atoms with Gasteiger partial charge in [-0.1, -0.05) is 6.42 Å². The Hall–Kier alpha value is -2.32. The molecule has 2 rings (SSSR count). The summed E-state index contributed by atoms with van der Waals surface area (Å²) >= 11 is 0. The molecule has 1 aromatic rings. The zero-order chi connectivity index (χ0) is 17.9. The SMILES string of the molecule is CNC(=O)c1cc([N+](=O)[O-])ccc1NC1CCCC(C(F)(F)F)C1. The highest BCUT2D eigenvalue weighted by atomic mass is 19.4. The Labute approximate surface area is 136 Å². The van der Waals surface area contributed by atoms with E-state index in [2.05, 4.69) is 10.6 Å². The third-order valence-electron chi connectivity index (χ3n) is 4.18. The molecular formula is C15H18F3N3O3. The molecule has 132 valence electrons. The summed E-state index contributed by atoms with van der Waals surface area (Å²) in [5.41, 5.74) is 0.0876. The van der Waals surface area contributed by atoms with Gasteiger partial charge >= 0.3 is 6.18 Å². The Bertz CT molecular complexity index is 634. The van der Waals surface area contributed by atoms with Gasteiger partial charge in [0.2, 0.25) is 0 Å². The standard InChI is InChI=1S/C15H18F3N3O3/c1-19-14(22)12-8-11(21(23)24)5-6-13(12)20-10-4-2-3-9(7-10)15(16,17)18/h5-6,8-10,20H,2-4,7H2,1H3,(H,19,22). The quantitative estimate of drug-likeness (QED) is 0.646. The van der Waals surface area contributed by atoms with E-state index in [-0.39, 0.29) is 24.1 Å². The Morgan fingerprint density at radius 3 is 2.62 bits per heavy atom. The second kappa shape index (κ2) is 7.06. The van der Waals surface area contributed by atoms with Crippen LogP contribution in [0.1, 0.15) is 36.0 Å². The van der Waals surface area contributed by atoms with Gasteiger partial charge in [-0.2, -0.15) is 13.2 Å². The fraction of sp³-hybridized carbons (Fsp3) is 0.533. The first-order valence-electron chi connectivity index (χ1n) is 7.56. The minimum absolute atomic E-state index is 0.0424. The molecule has 1 aliphatic rings. The van der Waals surface area contributed by atoms with Crippen LogP contribution < -0.4 is 10.6 Å². The van der Waals surface area contributed by atoms with Crippen LogP contribution in [0.25, 0.3) is 0 Å². The van der Waals surface area contributed by atoms with Gasteiger partial charge in [-0.3, -0.25) is 14.9 Å². The molecule has 0 spiro atoms. The van der Waals surface area contributed by atoms with E-state index >= 15 is 0 Å². The highest BCUT2D eigenvalue weighted by molar-refractivity contribution is 6.00. The Morgan fingerprint density at radius 2 is 2.04 bits per heavy atom. The summed E-state index contributed by atoms with van der Waals surface area (Å²) in [4.78, 5) is 22.1. The van der Waals surface area contributed by atoms with Gasteiger partial charge in [0.1, 0.15) is 0 Å². The molecule has 0 radical (unpaired) electrons. The van der Waals surface area contributed by atoms with E-state index in [1.807, 2.05) is 0 Å². The molecule has 9 heteroatoms. The number of halogens is 3. The average molecular weight is 345 g/mol. The van der Waals surface area contributed by atoms with E-state index in [0.717, 1.165) is 6.07 Å². The van der Waals surface area contributed by atoms with Gasteiger partial charge < -0.3 is 10.6 Å². The van der Waals surface area contributed by atoms with Crippen LogP contribution in [-0.4, -0.2) is 30.1 Å². The summed E-state index contributed by atoms with van der Waals surface area (Å²) in [5.74, 6) is -1.91. The fourth-order valence-electron chi connectivity index (χ4n) is 2.93. The first-order valence-corrected chi connectivity index (χ1v) is 7.56. The molecule has 1 saturated carbocycles. The van der Waals surface area contributed by atoms with Crippen LogP contribution >= 0.6 is 0 Å². The largest absolute Gasteiger partial charge is 0.391 e. The lowest BCUT2D eigenvalue weighted by atomic mass is 9.85. The normalized spacial score (nSPS) is 21.2. The smallest absolute Gasteiger partial charge is 0.382 e. The van der Waals surface area contributed by atoms with Crippen LogP contribution in [0, 0.1) is 16.0 Å². The number of carbonyl (C=O) groups is 1. The van der Waals surface area contributed by atoms with Gasteiger partial charge in [0.05, 0.1) is 16.4 Å². The number of carbonyl (C=O) groups excluding carboxylic acids is 1. The molecule has 0 aliphatic heterocycles. The number of nitrogens with zero attached hydrogens (tertiary/aromatic N) is 1. The topological polar surface area (TPSA) is 84.3 Å². The van der Waals surface area contributed by atoms with Gasteiger partial charge in [-0.05, 0) is 25.3 Å². The molecule has 0 saturated heterocycles. The predicted octanol–water partition coefficient (Wildman–Crippen LogP) is 3.49. The summed E-state index contributed by atoms with van der Waals surface area (Å²) in [6, 6.07) is 3.26. The fourth-order valence-corrected chi connectivity index (χ4v) is 2.93. The van der Waals surface area contributed by atoms with E-state index in [1.54, 1.807) is 0 Å². The van der Waals surface area contributed by atoms with Crippen molar-refractivity contribution in [1.82, 2.24) is 5.32 Å². The predicted molar refractivity (Wildman–Crippen MR) is 81.9 cm³/mol. The summed E-state index contributed by atoms with van der Waals surface area (Å²) in [5, 5.41) is 16.2. The zero-order valence-corrected chi connectivity index (χ0v) is 13.0. The van der Waals surface area contributed by atoms with E-state index < -0.39 is 29.0 Å². The van der Waals surface area contributed by atoms with Gasteiger partial charge in [-0.25, -0.2) is 0 Å². The maximum Gasteiger partial charge on any atom is 0.391 e. The van der Waals surface area contributed by atoms with Crippen molar-refractivity contribution in [3.8, 4) is 0 Å². The Kier molecular flexibility index (Phi) is 5.30. The molecule has 0 aromatic heterocycles. The molecule has 2 unspecified atom stereocenters. The van der Waals surface area contributed by atoms with Crippen LogP contribution in [0.2, 0.25) is 0 Å². The number of alkyl halides is 3. The molecule has 2 atom stereocenters. The van der Waals surface area contributed by atoms with Gasteiger partial charge in [-0.15, -0.1) is 0 Å². The number of hydrogen-bond donors (Lipinski definition) is 2.